The topological polar surface area (TPSA) is 42.4 Å². The van der Waals surface area contributed by atoms with Crippen molar-refractivity contribution in [2.24, 2.45) is 0 Å². The third-order valence-corrected chi connectivity index (χ3v) is 5.73. The Morgan fingerprint density at radius 1 is 1.19 bits per heavy atom. The van der Waals surface area contributed by atoms with Crippen molar-refractivity contribution in [3.8, 4) is 10.6 Å². The predicted octanol–water partition coefficient (Wildman–Crippen LogP) is 4.87. The molecular formula is C20H19ClN2O2S. The Balaban J connectivity index is 1.81. The second-order valence-corrected chi connectivity index (χ2v) is 8.36. The van der Waals surface area contributed by atoms with Crippen LogP contribution in [0.15, 0.2) is 42.5 Å². The molecular weight excluding hydrogens is 368 g/mol. The molecule has 1 fully saturated rings. The lowest BCUT2D eigenvalue weighted by atomic mass is 10.0. The van der Waals surface area contributed by atoms with Crippen molar-refractivity contribution in [1.82, 2.24) is 9.88 Å². The lowest BCUT2D eigenvalue weighted by Gasteiger charge is -2.35. The second kappa shape index (κ2) is 6.99. The summed E-state index contributed by atoms with van der Waals surface area (Å²) in [6.45, 7) is 5.19. The third kappa shape index (κ3) is 3.34. The summed E-state index contributed by atoms with van der Waals surface area (Å²) in [6.07, 6.45) is 0.0674. The first-order valence-corrected chi connectivity index (χ1v) is 9.81. The fraction of sp³-hybridized carbons (Fsp3) is 0.300. The number of para-hydroxylation sites is 1. The Labute approximate surface area is 161 Å². The van der Waals surface area contributed by atoms with Gasteiger partial charge in [-0.25, -0.2) is 4.98 Å². The van der Waals surface area contributed by atoms with Crippen LogP contribution in [0.2, 0.25) is 4.34 Å². The number of carbonyl (C=O) groups is 1. The van der Waals surface area contributed by atoms with Gasteiger partial charge in [-0.3, -0.25) is 4.79 Å². The second-order valence-electron chi connectivity index (χ2n) is 6.64. The highest BCUT2D eigenvalue weighted by atomic mass is 35.5. The summed E-state index contributed by atoms with van der Waals surface area (Å²) in [7, 11) is 0. The number of morpholine rings is 1. The van der Waals surface area contributed by atoms with Crippen molar-refractivity contribution < 1.29 is 9.53 Å². The van der Waals surface area contributed by atoms with Crippen molar-refractivity contribution in [3.63, 3.8) is 0 Å². The summed E-state index contributed by atoms with van der Waals surface area (Å²) >= 11 is 7.55. The van der Waals surface area contributed by atoms with Gasteiger partial charge in [0.15, 0.2) is 0 Å². The Morgan fingerprint density at radius 3 is 2.62 bits per heavy atom. The van der Waals surface area contributed by atoms with Crippen LogP contribution in [0, 0.1) is 0 Å². The zero-order valence-corrected chi connectivity index (χ0v) is 16.2. The van der Waals surface area contributed by atoms with Crippen LogP contribution < -0.4 is 0 Å². The van der Waals surface area contributed by atoms with Gasteiger partial charge in [-0.1, -0.05) is 29.8 Å². The molecule has 1 aliphatic heterocycles. The van der Waals surface area contributed by atoms with Gasteiger partial charge in [0, 0.05) is 18.5 Å². The molecule has 0 radical (unpaired) electrons. The molecule has 0 bridgehead atoms. The van der Waals surface area contributed by atoms with Gasteiger partial charge in [-0.05, 0) is 38.1 Å². The van der Waals surface area contributed by atoms with Crippen LogP contribution in [0.4, 0.5) is 0 Å². The number of ether oxygens (including phenoxy) is 1. The summed E-state index contributed by atoms with van der Waals surface area (Å²) in [5, 5.41) is 0.871. The average molecular weight is 387 g/mol. The summed E-state index contributed by atoms with van der Waals surface area (Å²) in [5.74, 6) is 0.0227. The van der Waals surface area contributed by atoms with Gasteiger partial charge in [-0.15, -0.1) is 11.3 Å². The van der Waals surface area contributed by atoms with Crippen LogP contribution in [-0.2, 0) is 4.74 Å². The zero-order chi connectivity index (χ0) is 18.3. The molecule has 4 rings (SSSR count). The first kappa shape index (κ1) is 17.5. The van der Waals surface area contributed by atoms with E-state index in [0.29, 0.717) is 23.0 Å². The molecule has 3 heterocycles. The standard InChI is InChI=1S/C20H19ClN2O2S/c1-12-10-23(11-13(2)25-12)20(24)15-9-17(18-7-8-19(21)26-18)22-16-6-4-3-5-14(15)16/h3-9,12-13H,10-11H2,1-2H3/t12-,13+. The first-order valence-electron chi connectivity index (χ1n) is 8.61. The Hall–Kier alpha value is -1.95. The maximum absolute atomic E-state index is 13.3. The lowest BCUT2D eigenvalue weighted by molar-refractivity contribution is -0.0585. The van der Waals surface area contributed by atoms with Gasteiger partial charge >= 0.3 is 0 Å². The van der Waals surface area contributed by atoms with E-state index in [1.807, 2.05) is 61.2 Å². The zero-order valence-electron chi connectivity index (χ0n) is 14.6. The van der Waals surface area contributed by atoms with Gasteiger partial charge in [-0.2, -0.15) is 0 Å². The molecule has 0 N–H and O–H groups in total. The number of aromatic nitrogens is 1. The van der Waals surface area contributed by atoms with Crippen LogP contribution in [0.1, 0.15) is 24.2 Å². The van der Waals surface area contributed by atoms with Gasteiger partial charge in [0.2, 0.25) is 0 Å². The first-order chi connectivity index (χ1) is 12.5. The molecule has 0 spiro atoms. The molecule has 0 saturated carbocycles. The molecule has 134 valence electrons. The SMILES string of the molecule is C[C@@H]1CN(C(=O)c2cc(-c3ccc(Cl)s3)nc3ccccc23)C[C@H](C)O1. The van der Waals surface area contributed by atoms with E-state index in [1.54, 1.807) is 0 Å². The highest BCUT2D eigenvalue weighted by Crippen LogP contribution is 2.32. The van der Waals surface area contributed by atoms with E-state index in [4.69, 9.17) is 21.3 Å². The monoisotopic (exact) mass is 386 g/mol. The van der Waals surface area contributed by atoms with Crippen LogP contribution in [-0.4, -0.2) is 41.1 Å². The molecule has 2 atom stereocenters. The summed E-state index contributed by atoms with van der Waals surface area (Å²) in [4.78, 5) is 20.9. The van der Waals surface area contributed by atoms with Crippen LogP contribution in [0.25, 0.3) is 21.5 Å². The van der Waals surface area contributed by atoms with E-state index in [0.717, 1.165) is 21.5 Å². The quantitative estimate of drug-likeness (QED) is 0.631. The lowest BCUT2D eigenvalue weighted by Crippen LogP contribution is -2.48. The Morgan fingerprint density at radius 2 is 1.92 bits per heavy atom. The number of halogens is 1. The highest BCUT2D eigenvalue weighted by molar-refractivity contribution is 7.19. The van der Waals surface area contributed by atoms with Gasteiger partial charge in [0.05, 0.1) is 38.2 Å². The van der Waals surface area contributed by atoms with Gasteiger partial charge in [0.1, 0.15) is 0 Å². The molecule has 6 heteroatoms. The Kier molecular flexibility index (Phi) is 4.69. The van der Waals surface area contributed by atoms with Crippen molar-refractivity contribution >= 4 is 39.7 Å². The molecule has 0 aliphatic carbocycles. The summed E-state index contributed by atoms with van der Waals surface area (Å²) in [6, 6.07) is 13.4. The summed E-state index contributed by atoms with van der Waals surface area (Å²) < 4.78 is 6.47. The minimum atomic E-state index is 0.0227. The van der Waals surface area contributed by atoms with Crippen molar-refractivity contribution in [1.29, 1.82) is 0 Å². The summed E-state index contributed by atoms with van der Waals surface area (Å²) in [5.41, 5.74) is 2.27. The number of benzene rings is 1. The predicted molar refractivity (Wildman–Crippen MR) is 106 cm³/mol. The fourth-order valence-corrected chi connectivity index (χ4v) is 4.45. The van der Waals surface area contributed by atoms with E-state index < -0.39 is 0 Å². The van der Waals surface area contributed by atoms with Gasteiger partial charge in [0.25, 0.3) is 5.91 Å². The molecule has 1 aromatic carbocycles. The highest BCUT2D eigenvalue weighted by Gasteiger charge is 2.28. The molecule has 1 saturated heterocycles. The van der Waals surface area contributed by atoms with Crippen LogP contribution in [0.3, 0.4) is 0 Å². The maximum Gasteiger partial charge on any atom is 0.254 e. The van der Waals surface area contributed by atoms with Gasteiger partial charge < -0.3 is 9.64 Å². The number of hydrogen-bond acceptors (Lipinski definition) is 4. The smallest absolute Gasteiger partial charge is 0.254 e. The molecule has 1 aliphatic rings. The van der Waals surface area contributed by atoms with E-state index >= 15 is 0 Å². The molecule has 3 aromatic rings. The average Bonchev–Trinajstić information content (AvgIpc) is 3.06. The number of nitrogens with zero attached hydrogens (tertiary/aromatic N) is 2. The number of pyridine rings is 1. The molecule has 1 amide bonds. The number of fused-ring (bicyclic) bond motifs is 1. The van der Waals surface area contributed by atoms with E-state index in [9.17, 15) is 4.79 Å². The number of hydrogen-bond donors (Lipinski definition) is 0. The molecule has 0 unspecified atom stereocenters. The van der Waals surface area contributed by atoms with E-state index in [-0.39, 0.29) is 18.1 Å². The van der Waals surface area contributed by atoms with E-state index in [2.05, 4.69) is 0 Å². The van der Waals surface area contributed by atoms with E-state index in [1.165, 1.54) is 11.3 Å². The number of thiophene rings is 1. The largest absolute Gasteiger partial charge is 0.372 e. The minimum Gasteiger partial charge on any atom is -0.372 e. The fourth-order valence-electron chi connectivity index (χ4n) is 3.44. The number of rotatable bonds is 2. The molecule has 2 aromatic heterocycles. The number of amides is 1. The van der Waals surface area contributed by atoms with Crippen LogP contribution >= 0.6 is 22.9 Å². The van der Waals surface area contributed by atoms with Crippen LogP contribution in [0.5, 0.6) is 0 Å². The van der Waals surface area contributed by atoms with Crippen molar-refractivity contribution in [2.45, 2.75) is 26.1 Å². The molecule has 4 nitrogen and oxygen atoms in total. The maximum atomic E-state index is 13.3. The third-order valence-electron chi connectivity index (χ3n) is 4.48. The number of carbonyl (C=O) groups excluding carboxylic acids is 1. The van der Waals surface area contributed by atoms with Crippen molar-refractivity contribution in [2.75, 3.05) is 13.1 Å². The molecule has 26 heavy (non-hydrogen) atoms. The Bertz CT molecular complexity index is 961. The van der Waals surface area contributed by atoms with Crippen molar-refractivity contribution in [3.05, 3.63) is 52.4 Å². The normalized spacial score (nSPS) is 20.5. The minimum absolute atomic E-state index is 0.0227.